The number of ether oxygens (including phenoxy) is 2. The van der Waals surface area contributed by atoms with E-state index in [9.17, 15) is 19.8 Å². The summed E-state index contributed by atoms with van der Waals surface area (Å²) in [5, 5.41) is 20.0. The second-order valence-corrected chi connectivity index (χ2v) is 5.56. The lowest BCUT2D eigenvalue weighted by atomic mass is 10.0. The first kappa shape index (κ1) is 20.1. The van der Waals surface area contributed by atoms with E-state index in [4.69, 9.17) is 9.47 Å². The number of cyclic esters (lactones) is 1. The second-order valence-electron chi connectivity index (χ2n) is 5.56. The summed E-state index contributed by atoms with van der Waals surface area (Å²) < 4.78 is 10.4. The van der Waals surface area contributed by atoms with Gasteiger partial charge in [-0.1, -0.05) is 43.7 Å². The fourth-order valence-corrected chi connectivity index (χ4v) is 2.28. The number of allylic oxidation sites excluding steroid dienone is 4. The molecule has 0 aromatic rings. The molecule has 0 fully saturated rings. The molecule has 1 heterocycles. The number of hydrogen-bond acceptors (Lipinski definition) is 6. The van der Waals surface area contributed by atoms with Crippen LogP contribution in [0.3, 0.4) is 0 Å². The Balaban J connectivity index is 2.84. The van der Waals surface area contributed by atoms with Crippen molar-refractivity contribution in [2.24, 2.45) is 0 Å². The quantitative estimate of drug-likeness (QED) is 0.344. The third kappa shape index (κ3) is 6.68. The molecule has 0 aromatic carbocycles. The molecule has 6 nitrogen and oxygen atoms in total. The number of aliphatic hydroxyl groups excluding tert-OH is 2. The number of carbonyl (C=O) groups excluding carboxylic acids is 2. The summed E-state index contributed by atoms with van der Waals surface area (Å²) in [7, 11) is 0. The summed E-state index contributed by atoms with van der Waals surface area (Å²) in [5.41, 5.74) is 0. The highest BCUT2D eigenvalue weighted by molar-refractivity contribution is 5.85. The normalized spacial score (nSPS) is 30.2. The van der Waals surface area contributed by atoms with Crippen LogP contribution in [0.25, 0.3) is 0 Å². The standard InChI is InChI=1S/C18H26O6/c1-3-5-6-12-16(20)23-15-11-8-7-10-13(19)17(21)14(9-4-2)24-18(15)22/h3,5-7,10,12-15,17,19,21H,4,8-9,11H2,1-2H3/b5-3+,10-7+,12-6+/t13-,14-,15+,17-/m0/s1. The van der Waals surface area contributed by atoms with Crippen molar-refractivity contribution in [1.82, 2.24) is 0 Å². The second kappa shape index (κ2) is 10.8. The maximum atomic E-state index is 12.3. The Morgan fingerprint density at radius 2 is 2.17 bits per heavy atom. The van der Waals surface area contributed by atoms with Gasteiger partial charge in [0, 0.05) is 6.08 Å². The Hall–Kier alpha value is -1.92. The van der Waals surface area contributed by atoms with E-state index < -0.39 is 36.4 Å². The van der Waals surface area contributed by atoms with Crippen molar-refractivity contribution in [2.75, 3.05) is 0 Å². The Bertz CT molecular complexity index is 494. The van der Waals surface area contributed by atoms with E-state index in [-0.39, 0.29) is 6.42 Å². The van der Waals surface area contributed by atoms with Crippen LogP contribution in [0.2, 0.25) is 0 Å². The molecule has 0 aromatic heterocycles. The van der Waals surface area contributed by atoms with Crippen LogP contribution in [0.15, 0.2) is 36.5 Å². The van der Waals surface area contributed by atoms with Crippen molar-refractivity contribution in [3.63, 3.8) is 0 Å². The van der Waals surface area contributed by atoms with Gasteiger partial charge in [-0.25, -0.2) is 9.59 Å². The van der Waals surface area contributed by atoms with Crippen molar-refractivity contribution in [2.45, 2.75) is 63.9 Å². The molecule has 24 heavy (non-hydrogen) atoms. The van der Waals surface area contributed by atoms with Crippen molar-refractivity contribution < 1.29 is 29.3 Å². The molecule has 0 spiro atoms. The van der Waals surface area contributed by atoms with Crippen LogP contribution >= 0.6 is 0 Å². The van der Waals surface area contributed by atoms with Crippen molar-refractivity contribution in [3.05, 3.63) is 36.5 Å². The van der Waals surface area contributed by atoms with Gasteiger partial charge in [-0.05, 0) is 26.2 Å². The first-order chi connectivity index (χ1) is 11.5. The Kier molecular flexibility index (Phi) is 9.04. The molecule has 0 unspecified atom stereocenters. The molecule has 1 rings (SSSR count). The topological polar surface area (TPSA) is 93.1 Å². The van der Waals surface area contributed by atoms with E-state index in [2.05, 4.69) is 0 Å². The minimum absolute atomic E-state index is 0.250. The fraction of sp³-hybridized carbons (Fsp3) is 0.556. The van der Waals surface area contributed by atoms with Gasteiger partial charge in [0.15, 0.2) is 6.10 Å². The van der Waals surface area contributed by atoms with Crippen LogP contribution in [0, 0.1) is 0 Å². The molecule has 0 bridgehead atoms. The molecule has 0 radical (unpaired) electrons. The largest absolute Gasteiger partial charge is 0.457 e. The lowest BCUT2D eigenvalue weighted by Crippen LogP contribution is -2.42. The maximum Gasteiger partial charge on any atom is 0.347 e. The number of carbonyl (C=O) groups is 2. The lowest BCUT2D eigenvalue weighted by Gasteiger charge is -2.27. The summed E-state index contributed by atoms with van der Waals surface area (Å²) in [6.07, 6.45) is 6.83. The van der Waals surface area contributed by atoms with Crippen molar-refractivity contribution in [1.29, 1.82) is 0 Å². The Morgan fingerprint density at radius 3 is 2.83 bits per heavy atom. The van der Waals surface area contributed by atoms with Gasteiger partial charge in [0.05, 0.1) is 0 Å². The predicted molar refractivity (Wildman–Crippen MR) is 89.0 cm³/mol. The number of rotatable bonds is 5. The van der Waals surface area contributed by atoms with Gasteiger partial charge in [-0.2, -0.15) is 0 Å². The van der Waals surface area contributed by atoms with Gasteiger partial charge in [0.1, 0.15) is 18.3 Å². The van der Waals surface area contributed by atoms with Gasteiger partial charge in [-0.3, -0.25) is 0 Å². The lowest BCUT2D eigenvalue weighted by molar-refractivity contribution is -0.176. The van der Waals surface area contributed by atoms with Crippen LogP contribution in [0.4, 0.5) is 0 Å². The third-order valence-electron chi connectivity index (χ3n) is 3.56. The third-order valence-corrected chi connectivity index (χ3v) is 3.56. The minimum atomic E-state index is -1.21. The summed E-state index contributed by atoms with van der Waals surface area (Å²) >= 11 is 0. The zero-order valence-electron chi connectivity index (χ0n) is 14.1. The van der Waals surface area contributed by atoms with E-state index >= 15 is 0 Å². The molecule has 0 aliphatic carbocycles. The van der Waals surface area contributed by atoms with Crippen LogP contribution < -0.4 is 0 Å². The highest BCUT2D eigenvalue weighted by Crippen LogP contribution is 2.17. The average Bonchev–Trinajstić information content (AvgIpc) is 2.55. The predicted octanol–water partition coefficient (Wildman–Crippen LogP) is 1.81. The Labute approximate surface area is 142 Å². The molecule has 134 valence electrons. The van der Waals surface area contributed by atoms with Gasteiger partial charge in [-0.15, -0.1) is 0 Å². The zero-order valence-corrected chi connectivity index (χ0v) is 14.1. The van der Waals surface area contributed by atoms with Crippen LogP contribution in [0.1, 0.15) is 39.5 Å². The SMILES string of the molecule is C/C=C/C=C/C(=O)O[C@@H]1CC/C=C/[C@H](O)[C@H](O)[C@H](CCC)OC1=O. The highest BCUT2D eigenvalue weighted by Gasteiger charge is 2.32. The number of aliphatic hydroxyl groups is 2. The van der Waals surface area contributed by atoms with Gasteiger partial charge < -0.3 is 19.7 Å². The molecule has 4 atom stereocenters. The van der Waals surface area contributed by atoms with Crippen LogP contribution in [-0.4, -0.2) is 46.6 Å². The minimum Gasteiger partial charge on any atom is -0.457 e. The summed E-state index contributed by atoms with van der Waals surface area (Å²) in [5.74, 6) is -1.34. The smallest absolute Gasteiger partial charge is 0.347 e. The van der Waals surface area contributed by atoms with Gasteiger partial charge >= 0.3 is 11.9 Å². The van der Waals surface area contributed by atoms with E-state index in [0.717, 1.165) is 0 Å². The van der Waals surface area contributed by atoms with E-state index in [1.54, 1.807) is 18.2 Å². The molecule has 0 saturated heterocycles. The first-order valence-corrected chi connectivity index (χ1v) is 8.22. The highest BCUT2D eigenvalue weighted by atomic mass is 16.6. The van der Waals surface area contributed by atoms with Crippen LogP contribution in [0.5, 0.6) is 0 Å². The summed E-state index contributed by atoms with van der Waals surface area (Å²) in [6, 6.07) is 0. The van der Waals surface area contributed by atoms with Crippen molar-refractivity contribution >= 4 is 11.9 Å². The van der Waals surface area contributed by atoms with Crippen LogP contribution in [-0.2, 0) is 19.1 Å². The molecule has 6 heteroatoms. The zero-order chi connectivity index (χ0) is 17.9. The van der Waals surface area contributed by atoms with E-state index in [0.29, 0.717) is 19.3 Å². The Morgan fingerprint density at radius 1 is 1.42 bits per heavy atom. The summed E-state index contributed by atoms with van der Waals surface area (Å²) in [4.78, 5) is 24.0. The fourth-order valence-electron chi connectivity index (χ4n) is 2.28. The molecule has 1 aliphatic rings. The maximum absolute atomic E-state index is 12.3. The number of esters is 2. The molecular weight excluding hydrogens is 312 g/mol. The average molecular weight is 338 g/mol. The van der Waals surface area contributed by atoms with Gasteiger partial charge in [0.25, 0.3) is 0 Å². The molecule has 1 aliphatic heterocycles. The summed E-state index contributed by atoms with van der Waals surface area (Å²) in [6.45, 7) is 3.69. The molecule has 2 N–H and O–H groups in total. The van der Waals surface area contributed by atoms with E-state index in [1.165, 1.54) is 18.2 Å². The molecule has 0 saturated carbocycles. The molecule has 0 amide bonds. The first-order valence-electron chi connectivity index (χ1n) is 8.22. The monoisotopic (exact) mass is 338 g/mol. The number of hydrogen-bond donors (Lipinski definition) is 2. The van der Waals surface area contributed by atoms with E-state index in [1.807, 2.05) is 13.8 Å². The molecular formula is C18H26O6. The van der Waals surface area contributed by atoms with Gasteiger partial charge in [0.2, 0.25) is 0 Å². The van der Waals surface area contributed by atoms with Crippen molar-refractivity contribution in [3.8, 4) is 0 Å².